The topological polar surface area (TPSA) is 9.23 Å². The van der Waals surface area contributed by atoms with Gasteiger partial charge in [-0.15, -0.1) is 0 Å². The van der Waals surface area contributed by atoms with E-state index in [0.717, 1.165) is 0 Å². The van der Waals surface area contributed by atoms with Crippen LogP contribution in [-0.2, 0) is 4.43 Å². The van der Waals surface area contributed by atoms with Gasteiger partial charge in [-0.25, -0.2) is 0 Å². The number of rotatable bonds is 4. The van der Waals surface area contributed by atoms with Crippen molar-refractivity contribution in [3.63, 3.8) is 0 Å². The van der Waals surface area contributed by atoms with E-state index in [1.165, 1.54) is 0 Å². The molecule has 0 radical (unpaired) electrons. The summed E-state index contributed by atoms with van der Waals surface area (Å²) < 4.78 is 41.7. The maximum Gasteiger partial charge on any atom is 0.388 e. The van der Waals surface area contributed by atoms with Crippen molar-refractivity contribution in [3.05, 3.63) is 0 Å². The molecule has 0 aliphatic rings. The van der Waals surface area contributed by atoms with E-state index in [1.54, 1.807) is 7.11 Å². The molecule has 0 aliphatic carbocycles. The standard InChI is InChI=1S/C8H19F3OSi2/c1-12-14(5,13(2,3)4)7-6-8(9,10)11/h6-7H2,1-5H3. The molecule has 0 saturated heterocycles. The minimum Gasteiger partial charge on any atom is -0.423 e. The summed E-state index contributed by atoms with van der Waals surface area (Å²) in [5.74, 6) is 0. The van der Waals surface area contributed by atoms with Gasteiger partial charge in [-0.3, -0.25) is 0 Å². The zero-order valence-electron chi connectivity index (χ0n) is 9.46. The smallest absolute Gasteiger partial charge is 0.388 e. The summed E-state index contributed by atoms with van der Waals surface area (Å²) in [7, 11) is -2.15. The van der Waals surface area contributed by atoms with Gasteiger partial charge >= 0.3 is 6.18 Å². The van der Waals surface area contributed by atoms with Crippen molar-refractivity contribution in [3.8, 4) is 0 Å². The molecule has 0 aromatic rings. The molecule has 6 heteroatoms. The lowest BCUT2D eigenvalue weighted by Crippen LogP contribution is -2.56. The summed E-state index contributed by atoms with van der Waals surface area (Å²) >= 11 is 0. The van der Waals surface area contributed by atoms with Gasteiger partial charge in [-0.2, -0.15) is 13.2 Å². The minimum absolute atomic E-state index is 0.197. The van der Waals surface area contributed by atoms with Gasteiger partial charge in [0.2, 0.25) is 0 Å². The first-order valence-corrected chi connectivity index (χ1v) is 11.8. The first-order valence-electron chi connectivity index (χ1n) is 4.64. The summed E-state index contributed by atoms with van der Waals surface area (Å²) in [4.78, 5) is 0. The molecule has 0 rings (SSSR count). The third-order valence-electron chi connectivity index (χ3n) is 2.92. The van der Waals surface area contributed by atoms with E-state index in [-0.39, 0.29) is 6.04 Å². The largest absolute Gasteiger partial charge is 0.423 e. The van der Waals surface area contributed by atoms with Gasteiger partial charge < -0.3 is 4.43 Å². The quantitative estimate of drug-likeness (QED) is 0.687. The van der Waals surface area contributed by atoms with Crippen molar-refractivity contribution >= 4 is 15.4 Å². The Morgan fingerprint density at radius 3 is 1.71 bits per heavy atom. The van der Waals surface area contributed by atoms with Crippen molar-refractivity contribution < 1.29 is 17.6 Å². The number of hydrogen-bond donors (Lipinski definition) is 0. The van der Waals surface area contributed by atoms with Gasteiger partial charge in [0.25, 0.3) is 0 Å². The van der Waals surface area contributed by atoms with Crippen LogP contribution in [0.3, 0.4) is 0 Å². The minimum atomic E-state index is -4.05. The maximum atomic E-state index is 12.1. The normalized spacial score (nSPS) is 18.0. The molecular weight excluding hydrogens is 225 g/mol. The van der Waals surface area contributed by atoms with Gasteiger partial charge in [-0.1, -0.05) is 19.6 Å². The Morgan fingerprint density at radius 1 is 1.07 bits per heavy atom. The third kappa shape index (κ3) is 4.14. The lowest BCUT2D eigenvalue weighted by Gasteiger charge is -2.37. The van der Waals surface area contributed by atoms with E-state index in [0.29, 0.717) is 0 Å². The fraction of sp³-hybridized carbons (Fsp3) is 1.00. The van der Waals surface area contributed by atoms with Crippen LogP contribution in [0.1, 0.15) is 6.42 Å². The zero-order valence-corrected chi connectivity index (χ0v) is 11.5. The second kappa shape index (κ2) is 4.36. The predicted molar refractivity (Wildman–Crippen MR) is 57.5 cm³/mol. The van der Waals surface area contributed by atoms with Crippen LogP contribution in [0, 0.1) is 0 Å². The molecule has 0 fully saturated rings. The predicted octanol–water partition coefficient (Wildman–Crippen LogP) is 3.58. The van der Waals surface area contributed by atoms with Crippen molar-refractivity contribution in [2.75, 3.05) is 7.11 Å². The van der Waals surface area contributed by atoms with Crippen LogP contribution < -0.4 is 0 Å². The monoisotopic (exact) mass is 244 g/mol. The number of alkyl halides is 3. The highest BCUT2D eigenvalue weighted by Crippen LogP contribution is 2.31. The molecule has 0 spiro atoms. The van der Waals surface area contributed by atoms with E-state index >= 15 is 0 Å². The Bertz CT molecular complexity index is 188. The molecule has 86 valence electrons. The van der Waals surface area contributed by atoms with Crippen LogP contribution >= 0.6 is 0 Å². The summed E-state index contributed by atoms with van der Waals surface area (Å²) in [6, 6.07) is 0.197. The SMILES string of the molecule is CO[Si](C)(CCC(F)(F)F)[Si](C)(C)C. The Balaban J connectivity index is 4.43. The fourth-order valence-electron chi connectivity index (χ4n) is 1.16. The van der Waals surface area contributed by atoms with Crippen molar-refractivity contribution in [2.45, 2.75) is 44.8 Å². The van der Waals surface area contributed by atoms with Crippen LogP contribution in [0.15, 0.2) is 0 Å². The molecule has 0 aromatic heterocycles. The van der Waals surface area contributed by atoms with Crippen LogP contribution in [0.2, 0.25) is 32.2 Å². The molecule has 0 aromatic carbocycles. The highest BCUT2D eigenvalue weighted by atomic mass is 29.3. The van der Waals surface area contributed by atoms with E-state index in [4.69, 9.17) is 4.43 Å². The highest BCUT2D eigenvalue weighted by molar-refractivity contribution is 7.38. The Labute approximate surface area is 85.6 Å². The lowest BCUT2D eigenvalue weighted by atomic mass is 10.5. The Kier molecular flexibility index (Phi) is 4.42. The molecule has 1 nitrogen and oxygen atoms in total. The van der Waals surface area contributed by atoms with Crippen LogP contribution in [0.4, 0.5) is 13.2 Å². The summed E-state index contributed by atoms with van der Waals surface area (Å²) in [5, 5.41) is 0. The molecular formula is C8H19F3OSi2. The second-order valence-electron chi connectivity index (χ2n) is 4.80. The lowest BCUT2D eigenvalue weighted by molar-refractivity contribution is -0.131. The fourth-order valence-corrected chi connectivity index (χ4v) is 7.95. The number of hydrogen-bond acceptors (Lipinski definition) is 1. The third-order valence-corrected chi connectivity index (χ3v) is 19.1. The zero-order chi connectivity index (χ0) is 11.6. The summed E-state index contributed by atoms with van der Waals surface area (Å²) in [5.41, 5.74) is 0. The van der Waals surface area contributed by atoms with Crippen molar-refractivity contribution in [1.82, 2.24) is 0 Å². The molecule has 14 heavy (non-hydrogen) atoms. The molecule has 1 unspecified atom stereocenters. The Hall–Kier alpha value is 0.184. The maximum absolute atomic E-state index is 12.1. The van der Waals surface area contributed by atoms with Gasteiger partial charge in [0.1, 0.15) is 0 Å². The molecule has 0 saturated carbocycles. The highest BCUT2D eigenvalue weighted by Gasteiger charge is 2.44. The first kappa shape index (κ1) is 14.2. The molecule has 1 atom stereocenters. The molecule has 0 bridgehead atoms. The second-order valence-corrected chi connectivity index (χ2v) is 20.3. The first-order chi connectivity index (χ1) is 6.02. The van der Waals surface area contributed by atoms with Crippen LogP contribution in [0.5, 0.6) is 0 Å². The van der Waals surface area contributed by atoms with Crippen LogP contribution in [0.25, 0.3) is 0 Å². The summed E-state index contributed by atoms with van der Waals surface area (Å²) in [6.07, 6.45) is -4.75. The van der Waals surface area contributed by atoms with Gasteiger partial charge in [0.05, 0.1) is 7.59 Å². The van der Waals surface area contributed by atoms with E-state index in [9.17, 15) is 13.2 Å². The average molecular weight is 244 g/mol. The van der Waals surface area contributed by atoms with Crippen LogP contribution in [-0.4, -0.2) is 28.7 Å². The van der Waals surface area contributed by atoms with E-state index in [2.05, 4.69) is 19.6 Å². The van der Waals surface area contributed by atoms with Gasteiger partial charge in [0.15, 0.2) is 7.83 Å². The average Bonchev–Trinajstić information content (AvgIpc) is 1.96. The number of halogens is 3. The molecule has 0 amide bonds. The van der Waals surface area contributed by atoms with Gasteiger partial charge in [-0.05, 0) is 12.6 Å². The van der Waals surface area contributed by atoms with E-state index in [1.807, 2.05) is 6.55 Å². The Morgan fingerprint density at radius 2 is 1.50 bits per heavy atom. The van der Waals surface area contributed by atoms with Crippen molar-refractivity contribution in [1.29, 1.82) is 0 Å². The molecule has 0 aliphatic heterocycles. The molecule has 0 heterocycles. The summed E-state index contributed by atoms with van der Waals surface area (Å²) in [6.45, 7) is 8.17. The van der Waals surface area contributed by atoms with E-state index < -0.39 is 28.0 Å². The van der Waals surface area contributed by atoms with Gasteiger partial charge in [0, 0.05) is 13.5 Å². The molecule has 0 N–H and O–H groups in total. The van der Waals surface area contributed by atoms with Crippen molar-refractivity contribution in [2.24, 2.45) is 0 Å².